The number of aliphatic hydroxyl groups is 1. The van der Waals surface area contributed by atoms with Gasteiger partial charge in [-0.3, -0.25) is 4.68 Å². The molecular formula is C14H16Cl2N2O. The molecule has 102 valence electrons. The van der Waals surface area contributed by atoms with Crippen molar-refractivity contribution in [3.05, 3.63) is 51.3 Å². The third-order valence-electron chi connectivity index (χ3n) is 3.11. The molecular weight excluding hydrogens is 283 g/mol. The summed E-state index contributed by atoms with van der Waals surface area (Å²) in [5, 5.41) is 15.8. The lowest BCUT2D eigenvalue weighted by Crippen LogP contribution is -2.07. The second-order valence-corrected chi connectivity index (χ2v) is 5.33. The standard InChI is InChI=1S/C14H16Cl2N2O/c1-3-10-7-11(18(2)17-10)8-14(19)12-6-9(15)4-5-13(12)16/h4-7,14,19H,3,8H2,1-2H3. The first-order valence-corrected chi connectivity index (χ1v) is 6.91. The van der Waals surface area contributed by atoms with Crippen molar-refractivity contribution in [2.75, 3.05) is 0 Å². The van der Waals surface area contributed by atoms with Crippen molar-refractivity contribution in [2.45, 2.75) is 25.9 Å². The minimum atomic E-state index is -0.689. The molecule has 1 N–H and O–H groups in total. The number of aliphatic hydroxyl groups excluding tert-OH is 1. The fourth-order valence-corrected chi connectivity index (χ4v) is 2.44. The van der Waals surface area contributed by atoms with Crippen LogP contribution in [-0.2, 0) is 19.9 Å². The first-order valence-electron chi connectivity index (χ1n) is 6.16. The van der Waals surface area contributed by atoms with Gasteiger partial charge in [0.1, 0.15) is 0 Å². The number of rotatable bonds is 4. The van der Waals surface area contributed by atoms with Crippen molar-refractivity contribution >= 4 is 23.2 Å². The number of aryl methyl sites for hydroxylation is 2. The van der Waals surface area contributed by atoms with E-state index in [1.165, 1.54) is 0 Å². The molecule has 0 saturated carbocycles. The molecule has 2 rings (SSSR count). The van der Waals surface area contributed by atoms with Gasteiger partial charge in [0.25, 0.3) is 0 Å². The Bertz CT molecular complexity index is 581. The van der Waals surface area contributed by atoms with E-state index in [4.69, 9.17) is 23.2 Å². The molecule has 0 spiro atoms. The molecule has 19 heavy (non-hydrogen) atoms. The zero-order valence-electron chi connectivity index (χ0n) is 10.9. The van der Waals surface area contributed by atoms with Gasteiger partial charge in [0.05, 0.1) is 11.8 Å². The summed E-state index contributed by atoms with van der Waals surface area (Å²) < 4.78 is 1.79. The third kappa shape index (κ3) is 3.30. The van der Waals surface area contributed by atoms with Crippen LogP contribution in [0.5, 0.6) is 0 Å². The normalized spacial score (nSPS) is 12.7. The summed E-state index contributed by atoms with van der Waals surface area (Å²) in [6, 6.07) is 7.11. The highest BCUT2D eigenvalue weighted by molar-refractivity contribution is 6.33. The lowest BCUT2D eigenvalue weighted by atomic mass is 10.0. The number of benzene rings is 1. The molecule has 3 nitrogen and oxygen atoms in total. The first kappa shape index (κ1) is 14.4. The monoisotopic (exact) mass is 298 g/mol. The van der Waals surface area contributed by atoms with Gasteiger partial charge in [-0.25, -0.2) is 0 Å². The Balaban J connectivity index is 2.22. The SMILES string of the molecule is CCc1cc(CC(O)c2cc(Cl)ccc2Cl)n(C)n1. The van der Waals surface area contributed by atoms with E-state index in [0.29, 0.717) is 22.0 Å². The van der Waals surface area contributed by atoms with Gasteiger partial charge in [-0.2, -0.15) is 5.10 Å². The minimum absolute atomic E-state index is 0.462. The molecule has 5 heteroatoms. The van der Waals surface area contributed by atoms with Gasteiger partial charge in [0, 0.05) is 34.8 Å². The van der Waals surface area contributed by atoms with Crippen LogP contribution in [0.1, 0.15) is 30.0 Å². The second kappa shape index (κ2) is 5.95. The van der Waals surface area contributed by atoms with Gasteiger partial charge in [0.2, 0.25) is 0 Å². The Hall–Kier alpha value is -1.03. The van der Waals surface area contributed by atoms with Crippen molar-refractivity contribution in [1.29, 1.82) is 0 Å². The van der Waals surface area contributed by atoms with Crippen molar-refractivity contribution in [3.63, 3.8) is 0 Å². The van der Waals surface area contributed by atoms with E-state index >= 15 is 0 Å². The maximum atomic E-state index is 10.3. The third-order valence-corrected chi connectivity index (χ3v) is 3.69. The van der Waals surface area contributed by atoms with E-state index in [1.807, 2.05) is 13.1 Å². The number of aromatic nitrogens is 2. The molecule has 1 aromatic carbocycles. The van der Waals surface area contributed by atoms with E-state index in [2.05, 4.69) is 12.0 Å². The van der Waals surface area contributed by atoms with Crippen molar-refractivity contribution in [3.8, 4) is 0 Å². The quantitative estimate of drug-likeness (QED) is 0.937. The average molecular weight is 299 g/mol. The van der Waals surface area contributed by atoms with Gasteiger partial charge < -0.3 is 5.11 Å². The van der Waals surface area contributed by atoms with E-state index in [1.54, 1.807) is 22.9 Å². The molecule has 1 heterocycles. The zero-order valence-corrected chi connectivity index (χ0v) is 12.4. The van der Waals surface area contributed by atoms with Gasteiger partial charge in [-0.05, 0) is 30.7 Å². The summed E-state index contributed by atoms with van der Waals surface area (Å²) in [4.78, 5) is 0. The molecule has 0 fully saturated rings. The predicted molar refractivity (Wildman–Crippen MR) is 77.7 cm³/mol. The second-order valence-electron chi connectivity index (χ2n) is 4.49. The van der Waals surface area contributed by atoms with E-state index < -0.39 is 6.10 Å². The summed E-state index contributed by atoms with van der Waals surface area (Å²) in [5.74, 6) is 0. The van der Waals surface area contributed by atoms with Crippen LogP contribution in [0.4, 0.5) is 0 Å². The molecule has 0 bridgehead atoms. The molecule has 0 aliphatic rings. The van der Waals surface area contributed by atoms with Gasteiger partial charge >= 0.3 is 0 Å². The Labute approximate surface area is 122 Å². The lowest BCUT2D eigenvalue weighted by Gasteiger charge is -2.13. The van der Waals surface area contributed by atoms with Crippen LogP contribution < -0.4 is 0 Å². The highest BCUT2D eigenvalue weighted by atomic mass is 35.5. The van der Waals surface area contributed by atoms with Crippen LogP contribution in [0.25, 0.3) is 0 Å². The van der Waals surface area contributed by atoms with Crippen molar-refractivity contribution in [1.82, 2.24) is 9.78 Å². The Morgan fingerprint density at radius 3 is 2.68 bits per heavy atom. The van der Waals surface area contributed by atoms with Crippen LogP contribution in [0.3, 0.4) is 0 Å². The summed E-state index contributed by atoms with van der Waals surface area (Å²) >= 11 is 12.0. The van der Waals surface area contributed by atoms with Crippen LogP contribution in [0, 0.1) is 0 Å². The lowest BCUT2D eigenvalue weighted by molar-refractivity contribution is 0.176. The summed E-state index contributed by atoms with van der Waals surface area (Å²) in [6.07, 6.45) is 0.650. The number of halogens is 2. The van der Waals surface area contributed by atoms with Crippen LogP contribution >= 0.6 is 23.2 Å². The largest absolute Gasteiger partial charge is 0.388 e. The molecule has 1 atom stereocenters. The molecule has 0 saturated heterocycles. The predicted octanol–water partition coefficient (Wildman–Crippen LogP) is 3.57. The molecule has 0 amide bonds. The first-order chi connectivity index (χ1) is 9.01. The van der Waals surface area contributed by atoms with Gasteiger partial charge in [-0.15, -0.1) is 0 Å². The summed E-state index contributed by atoms with van der Waals surface area (Å²) in [5.41, 5.74) is 2.63. The van der Waals surface area contributed by atoms with Gasteiger partial charge in [-0.1, -0.05) is 30.1 Å². The van der Waals surface area contributed by atoms with Gasteiger partial charge in [0.15, 0.2) is 0 Å². The number of nitrogens with zero attached hydrogens (tertiary/aromatic N) is 2. The van der Waals surface area contributed by atoms with Crippen molar-refractivity contribution in [2.24, 2.45) is 7.05 Å². The molecule has 0 aliphatic heterocycles. The summed E-state index contributed by atoms with van der Waals surface area (Å²) in [6.45, 7) is 2.05. The van der Waals surface area contributed by atoms with E-state index in [-0.39, 0.29) is 0 Å². The topological polar surface area (TPSA) is 38.0 Å². The average Bonchev–Trinajstić information content (AvgIpc) is 2.73. The fraction of sp³-hybridized carbons (Fsp3) is 0.357. The Kier molecular flexibility index (Phi) is 4.50. The highest BCUT2D eigenvalue weighted by Crippen LogP contribution is 2.28. The van der Waals surface area contributed by atoms with Crippen LogP contribution in [0.15, 0.2) is 24.3 Å². The summed E-state index contributed by atoms with van der Waals surface area (Å²) in [7, 11) is 1.88. The number of hydrogen-bond acceptors (Lipinski definition) is 2. The van der Waals surface area contributed by atoms with Crippen LogP contribution in [0.2, 0.25) is 10.0 Å². The molecule has 2 aromatic rings. The maximum Gasteiger partial charge on any atom is 0.0860 e. The Morgan fingerprint density at radius 2 is 2.05 bits per heavy atom. The number of hydrogen-bond donors (Lipinski definition) is 1. The maximum absolute atomic E-state index is 10.3. The Morgan fingerprint density at radius 1 is 1.32 bits per heavy atom. The van der Waals surface area contributed by atoms with Crippen molar-refractivity contribution < 1.29 is 5.11 Å². The molecule has 1 aromatic heterocycles. The van der Waals surface area contributed by atoms with Crippen LogP contribution in [-0.4, -0.2) is 14.9 Å². The van der Waals surface area contributed by atoms with E-state index in [0.717, 1.165) is 17.8 Å². The zero-order chi connectivity index (χ0) is 14.0. The molecule has 0 radical (unpaired) electrons. The fourth-order valence-electron chi connectivity index (χ4n) is 2.01. The minimum Gasteiger partial charge on any atom is -0.388 e. The smallest absolute Gasteiger partial charge is 0.0860 e. The molecule has 0 aliphatic carbocycles. The molecule has 1 unspecified atom stereocenters. The highest BCUT2D eigenvalue weighted by Gasteiger charge is 2.15. The van der Waals surface area contributed by atoms with E-state index in [9.17, 15) is 5.11 Å².